The quantitative estimate of drug-likeness (QED) is 0.507. The lowest BCUT2D eigenvalue weighted by Gasteiger charge is -2.35. The topological polar surface area (TPSA) is 74.6 Å². The van der Waals surface area contributed by atoms with Crippen LogP contribution in [0.4, 0.5) is 0 Å². The van der Waals surface area contributed by atoms with E-state index in [1.54, 1.807) is 13.8 Å². The van der Waals surface area contributed by atoms with E-state index in [2.05, 4.69) is 0 Å². The number of rotatable bonds is 8. The summed E-state index contributed by atoms with van der Waals surface area (Å²) in [5, 5.41) is 22.2. The SMILES string of the molecule is CCC(C)C(=O)C1=C(C)[C@](O)(C(O)CC=C(C)C)[C@H](CC=C(C)C)C1=O. The molecule has 0 spiro atoms. The predicted molar refractivity (Wildman–Crippen MR) is 105 cm³/mol. The zero-order valence-corrected chi connectivity index (χ0v) is 17.2. The van der Waals surface area contributed by atoms with Crippen molar-refractivity contribution in [3.05, 3.63) is 34.4 Å². The van der Waals surface area contributed by atoms with Gasteiger partial charge in [0.1, 0.15) is 5.60 Å². The highest BCUT2D eigenvalue weighted by molar-refractivity contribution is 6.24. The maximum absolute atomic E-state index is 13.1. The third kappa shape index (κ3) is 4.41. The smallest absolute Gasteiger partial charge is 0.173 e. The van der Waals surface area contributed by atoms with Gasteiger partial charge in [-0.25, -0.2) is 0 Å². The van der Waals surface area contributed by atoms with E-state index in [0.717, 1.165) is 11.1 Å². The molecule has 0 aliphatic heterocycles. The van der Waals surface area contributed by atoms with Gasteiger partial charge in [-0.1, -0.05) is 37.1 Å². The highest BCUT2D eigenvalue weighted by Gasteiger charge is 2.55. The van der Waals surface area contributed by atoms with Crippen molar-refractivity contribution in [2.24, 2.45) is 11.8 Å². The van der Waals surface area contributed by atoms with E-state index >= 15 is 0 Å². The molecule has 0 aromatic carbocycles. The summed E-state index contributed by atoms with van der Waals surface area (Å²) >= 11 is 0. The number of hydrogen-bond donors (Lipinski definition) is 2. The Hall–Kier alpha value is -1.52. The fourth-order valence-electron chi connectivity index (χ4n) is 3.41. The molecule has 0 aromatic heterocycles. The molecular weight excluding hydrogens is 328 g/mol. The minimum Gasteiger partial charge on any atom is -0.389 e. The Labute approximate surface area is 157 Å². The molecule has 0 saturated carbocycles. The minimum absolute atomic E-state index is 0.0882. The van der Waals surface area contributed by atoms with E-state index in [9.17, 15) is 19.8 Å². The Morgan fingerprint density at radius 1 is 1.19 bits per heavy atom. The zero-order chi connectivity index (χ0) is 20.2. The van der Waals surface area contributed by atoms with Gasteiger partial charge < -0.3 is 10.2 Å². The number of Topliss-reactive ketones (excluding diaryl/α,β-unsaturated/α-hetero) is 2. The molecule has 0 saturated heterocycles. The van der Waals surface area contributed by atoms with Crippen molar-refractivity contribution in [1.82, 2.24) is 0 Å². The van der Waals surface area contributed by atoms with E-state index in [1.165, 1.54) is 0 Å². The normalized spacial score (nSPS) is 25.1. The molecule has 1 rings (SSSR count). The van der Waals surface area contributed by atoms with E-state index in [1.807, 2.05) is 46.8 Å². The van der Waals surface area contributed by atoms with Crippen LogP contribution in [0.2, 0.25) is 0 Å². The number of aliphatic hydroxyl groups is 2. The van der Waals surface area contributed by atoms with Crippen LogP contribution in [-0.2, 0) is 9.59 Å². The molecule has 1 aliphatic carbocycles. The van der Waals surface area contributed by atoms with Crippen molar-refractivity contribution in [3.8, 4) is 0 Å². The number of aliphatic hydroxyl groups excluding tert-OH is 1. The van der Waals surface area contributed by atoms with Crippen molar-refractivity contribution >= 4 is 11.6 Å². The molecule has 4 heteroatoms. The van der Waals surface area contributed by atoms with Crippen LogP contribution in [0.15, 0.2) is 34.4 Å². The maximum Gasteiger partial charge on any atom is 0.173 e. The third-order valence-electron chi connectivity index (χ3n) is 5.40. The second-order valence-electron chi connectivity index (χ2n) is 7.97. The summed E-state index contributed by atoms with van der Waals surface area (Å²) in [5.41, 5.74) is 0.737. The fraction of sp³-hybridized carbons (Fsp3) is 0.636. The van der Waals surface area contributed by atoms with Crippen molar-refractivity contribution in [1.29, 1.82) is 0 Å². The molecule has 0 amide bonds. The Kier molecular flexibility index (Phi) is 7.72. The molecule has 0 heterocycles. The van der Waals surface area contributed by atoms with Crippen molar-refractivity contribution < 1.29 is 19.8 Å². The van der Waals surface area contributed by atoms with Crippen molar-refractivity contribution in [2.75, 3.05) is 0 Å². The minimum atomic E-state index is -1.71. The average molecular weight is 363 g/mol. The first kappa shape index (κ1) is 22.5. The molecule has 26 heavy (non-hydrogen) atoms. The molecule has 4 nitrogen and oxygen atoms in total. The lowest BCUT2D eigenvalue weighted by Crippen LogP contribution is -2.48. The van der Waals surface area contributed by atoms with E-state index in [0.29, 0.717) is 18.4 Å². The standard InChI is InChI=1S/C22H34O4/c1-8-15(6)20(24)19-16(7)22(26,18(23)12-10-14(4)5)17(21(19)25)11-9-13(2)3/h9-10,15,17-18,23,26H,8,11-12H2,1-7H3/t15?,17-,18?,22-/m1/s1. The molecule has 2 unspecified atom stereocenters. The van der Waals surface area contributed by atoms with Crippen LogP contribution in [-0.4, -0.2) is 33.5 Å². The van der Waals surface area contributed by atoms with Gasteiger partial charge in [0.25, 0.3) is 0 Å². The molecule has 146 valence electrons. The monoisotopic (exact) mass is 362 g/mol. The lowest BCUT2D eigenvalue weighted by molar-refractivity contribution is -0.132. The summed E-state index contributed by atoms with van der Waals surface area (Å²) in [6, 6.07) is 0. The highest BCUT2D eigenvalue weighted by Crippen LogP contribution is 2.44. The van der Waals surface area contributed by atoms with Gasteiger partial charge in [-0.3, -0.25) is 9.59 Å². The van der Waals surface area contributed by atoms with Gasteiger partial charge in [0, 0.05) is 5.92 Å². The van der Waals surface area contributed by atoms with Crippen LogP contribution < -0.4 is 0 Å². The first-order valence-electron chi connectivity index (χ1n) is 9.45. The Balaban J connectivity index is 3.43. The summed E-state index contributed by atoms with van der Waals surface area (Å²) in [4.78, 5) is 25.8. The molecule has 2 N–H and O–H groups in total. The first-order valence-corrected chi connectivity index (χ1v) is 9.45. The summed E-state index contributed by atoms with van der Waals surface area (Å²) in [5.74, 6) is -1.70. The van der Waals surface area contributed by atoms with Crippen LogP contribution in [0, 0.1) is 11.8 Å². The lowest BCUT2D eigenvalue weighted by atomic mass is 9.78. The number of carbonyl (C=O) groups is 2. The van der Waals surface area contributed by atoms with E-state index < -0.39 is 17.6 Å². The van der Waals surface area contributed by atoms with E-state index in [-0.39, 0.29) is 29.5 Å². The predicted octanol–water partition coefficient (Wildman–Crippen LogP) is 3.92. The number of carbonyl (C=O) groups excluding carboxylic acids is 2. The molecule has 1 aliphatic rings. The van der Waals surface area contributed by atoms with Gasteiger partial charge in [0.15, 0.2) is 11.6 Å². The second kappa shape index (κ2) is 8.92. The third-order valence-corrected chi connectivity index (χ3v) is 5.40. The van der Waals surface area contributed by atoms with Gasteiger partial charge >= 0.3 is 0 Å². The second-order valence-corrected chi connectivity index (χ2v) is 7.97. The zero-order valence-electron chi connectivity index (χ0n) is 17.2. The van der Waals surface area contributed by atoms with Crippen LogP contribution in [0.1, 0.15) is 67.7 Å². The summed E-state index contributed by atoms with van der Waals surface area (Å²) in [6.07, 6.45) is 3.75. The van der Waals surface area contributed by atoms with E-state index in [4.69, 9.17) is 0 Å². The number of allylic oxidation sites excluding steroid dienone is 4. The van der Waals surface area contributed by atoms with Gasteiger partial charge in [-0.15, -0.1) is 0 Å². The summed E-state index contributed by atoms with van der Waals surface area (Å²) < 4.78 is 0. The number of ketones is 2. The van der Waals surface area contributed by atoms with Crippen LogP contribution >= 0.6 is 0 Å². The molecule has 0 aromatic rings. The summed E-state index contributed by atoms with van der Waals surface area (Å²) in [6.45, 7) is 13.0. The fourth-order valence-corrected chi connectivity index (χ4v) is 3.41. The molecular formula is C22H34O4. The maximum atomic E-state index is 13.1. The Morgan fingerprint density at radius 3 is 2.19 bits per heavy atom. The molecule has 0 fully saturated rings. The number of hydrogen-bond acceptors (Lipinski definition) is 4. The molecule has 4 atom stereocenters. The Bertz CT molecular complexity index is 645. The molecule has 0 radical (unpaired) electrons. The Morgan fingerprint density at radius 2 is 1.73 bits per heavy atom. The van der Waals surface area contributed by atoms with Crippen LogP contribution in [0.25, 0.3) is 0 Å². The summed E-state index contributed by atoms with van der Waals surface area (Å²) in [7, 11) is 0. The largest absolute Gasteiger partial charge is 0.389 e. The van der Waals surface area contributed by atoms with Gasteiger partial charge in [-0.05, 0) is 59.5 Å². The van der Waals surface area contributed by atoms with Crippen molar-refractivity contribution in [2.45, 2.75) is 79.4 Å². The first-order chi connectivity index (χ1) is 12.0. The van der Waals surface area contributed by atoms with Crippen LogP contribution in [0.5, 0.6) is 0 Å². The molecule has 0 bridgehead atoms. The van der Waals surface area contributed by atoms with Gasteiger partial charge in [0.05, 0.1) is 17.6 Å². The van der Waals surface area contributed by atoms with Crippen molar-refractivity contribution in [3.63, 3.8) is 0 Å². The van der Waals surface area contributed by atoms with Gasteiger partial charge in [0.2, 0.25) is 0 Å². The highest BCUT2D eigenvalue weighted by atomic mass is 16.3. The van der Waals surface area contributed by atoms with Gasteiger partial charge in [-0.2, -0.15) is 0 Å². The van der Waals surface area contributed by atoms with Crippen LogP contribution in [0.3, 0.4) is 0 Å². The average Bonchev–Trinajstić information content (AvgIpc) is 2.76.